The molecule has 3 aromatic rings. The van der Waals surface area contributed by atoms with Crippen LogP contribution in [0.1, 0.15) is 19.4 Å². The lowest BCUT2D eigenvalue weighted by molar-refractivity contribution is -0.122. The van der Waals surface area contributed by atoms with Crippen LogP contribution < -0.4 is 10.9 Å². The van der Waals surface area contributed by atoms with E-state index in [1.807, 2.05) is 60.7 Å². The smallest absolute Gasteiger partial charge is 0.267 e. The van der Waals surface area contributed by atoms with Gasteiger partial charge in [0.05, 0.1) is 5.69 Å². The van der Waals surface area contributed by atoms with Crippen molar-refractivity contribution in [1.29, 1.82) is 0 Å². The molecule has 27 heavy (non-hydrogen) atoms. The Balaban J connectivity index is 1.68. The number of amides is 1. The van der Waals surface area contributed by atoms with Crippen LogP contribution in [0.4, 0.5) is 0 Å². The monoisotopic (exact) mass is 361 g/mol. The second kappa shape index (κ2) is 7.99. The van der Waals surface area contributed by atoms with E-state index in [1.165, 1.54) is 10.7 Å². The Morgan fingerprint density at radius 1 is 0.963 bits per heavy atom. The summed E-state index contributed by atoms with van der Waals surface area (Å²) < 4.78 is 1.20. The number of aromatic nitrogens is 2. The van der Waals surface area contributed by atoms with Gasteiger partial charge in [-0.2, -0.15) is 5.10 Å². The van der Waals surface area contributed by atoms with Crippen LogP contribution in [-0.2, 0) is 16.8 Å². The van der Waals surface area contributed by atoms with Gasteiger partial charge in [-0.3, -0.25) is 9.59 Å². The van der Waals surface area contributed by atoms with E-state index in [0.717, 1.165) is 11.1 Å². The molecular formula is C22H23N3O2. The summed E-state index contributed by atoms with van der Waals surface area (Å²) in [6, 6.07) is 22.7. The SMILES string of the molecule is CC(C)(CNC(=O)Cn1nc(-c2ccccc2)ccc1=O)c1ccccc1. The Labute approximate surface area is 158 Å². The highest BCUT2D eigenvalue weighted by Gasteiger charge is 2.21. The lowest BCUT2D eigenvalue weighted by Gasteiger charge is -2.25. The van der Waals surface area contributed by atoms with E-state index < -0.39 is 0 Å². The number of carbonyl (C=O) groups is 1. The average Bonchev–Trinajstić information content (AvgIpc) is 2.69. The Bertz CT molecular complexity index is 964. The summed E-state index contributed by atoms with van der Waals surface area (Å²) in [6.07, 6.45) is 0. The van der Waals surface area contributed by atoms with E-state index in [4.69, 9.17) is 0 Å². The molecule has 0 unspecified atom stereocenters. The zero-order valence-corrected chi connectivity index (χ0v) is 15.6. The van der Waals surface area contributed by atoms with Crippen LogP contribution >= 0.6 is 0 Å². The first-order valence-corrected chi connectivity index (χ1v) is 8.91. The molecule has 2 aromatic carbocycles. The number of rotatable bonds is 6. The Morgan fingerprint density at radius 3 is 2.26 bits per heavy atom. The average molecular weight is 361 g/mol. The van der Waals surface area contributed by atoms with E-state index in [-0.39, 0.29) is 23.4 Å². The standard InChI is InChI=1S/C22H23N3O2/c1-22(2,18-11-7-4-8-12-18)16-23-20(26)15-25-21(27)14-13-19(24-25)17-9-5-3-6-10-17/h3-14H,15-16H2,1-2H3,(H,23,26). The summed E-state index contributed by atoms with van der Waals surface area (Å²) >= 11 is 0. The summed E-state index contributed by atoms with van der Waals surface area (Å²) in [5.74, 6) is -0.237. The molecule has 0 bridgehead atoms. The van der Waals surface area contributed by atoms with Crippen molar-refractivity contribution in [2.24, 2.45) is 0 Å². The Hall–Kier alpha value is -3.21. The minimum atomic E-state index is -0.299. The molecule has 5 nitrogen and oxygen atoms in total. The van der Waals surface area contributed by atoms with Crippen LogP contribution in [0, 0.1) is 0 Å². The van der Waals surface area contributed by atoms with Gasteiger partial charge in [0, 0.05) is 23.6 Å². The second-order valence-corrected chi connectivity index (χ2v) is 7.11. The van der Waals surface area contributed by atoms with Gasteiger partial charge in [-0.25, -0.2) is 4.68 Å². The van der Waals surface area contributed by atoms with Crippen LogP contribution in [0.15, 0.2) is 77.6 Å². The van der Waals surface area contributed by atoms with E-state index >= 15 is 0 Å². The van der Waals surface area contributed by atoms with Gasteiger partial charge >= 0.3 is 0 Å². The third-order valence-corrected chi connectivity index (χ3v) is 4.51. The molecule has 0 radical (unpaired) electrons. The summed E-state index contributed by atoms with van der Waals surface area (Å²) in [5.41, 5.74) is 2.20. The van der Waals surface area contributed by atoms with Gasteiger partial charge in [-0.05, 0) is 11.6 Å². The maximum absolute atomic E-state index is 12.4. The van der Waals surface area contributed by atoms with Crippen LogP contribution in [0.25, 0.3) is 11.3 Å². The molecule has 0 aliphatic carbocycles. The first-order chi connectivity index (χ1) is 13.0. The van der Waals surface area contributed by atoms with E-state index in [0.29, 0.717) is 12.2 Å². The highest BCUT2D eigenvalue weighted by molar-refractivity contribution is 5.75. The minimum absolute atomic E-state index is 0.107. The maximum atomic E-state index is 12.4. The molecule has 3 rings (SSSR count). The number of nitrogens with zero attached hydrogens (tertiary/aromatic N) is 2. The van der Waals surface area contributed by atoms with Gasteiger partial charge in [0.15, 0.2) is 0 Å². The van der Waals surface area contributed by atoms with Gasteiger partial charge in [0.1, 0.15) is 6.54 Å². The Kier molecular flexibility index (Phi) is 5.50. The lowest BCUT2D eigenvalue weighted by atomic mass is 9.84. The molecule has 1 amide bonds. The largest absolute Gasteiger partial charge is 0.354 e. The number of nitrogens with one attached hydrogen (secondary N) is 1. The maximum Gasteiger partial charge on any atom is 0.267 e. The van der Waals surface area contributed by atoms with Crippen LogP contribution in [0.5, 0.6) is 0 Å². The molecule has 1 heterocycles. The summed E-state index contributed by atoms with van der Waals surface area (Å²) in [4.78, 5) is 24.5. The molecule has 0 saturated carbocycles. The van der Waals surface area contributed by atoms with Gasteiger partial charge in [-0.1, -0.05) is 74.5 Å². The highest BCUT2D eigenvalue weighted by atomic mass is 16.2. The van der Waals surface area contributed by atoms with Gasteiger partial charge in [0.2, 0.25) is 5.91 Å². The quantitative estimate of drug-likeness (QED) is 0.734. The molecule has 0 fully saturated rings. The molecule has 1 N–H and O–H groups in total. The first kappa shape index (κ1) is 18.6. The van der Waals surface area contributed by atoms with Crippen molar-refractivity contribution < 1.29 is 4.79 Å². The second-order valence-electron chi connectivity index (χ2n) is 7.11. The van der Waals surface area contributed by atoms with Crippen LogP contribution in [0.3, 0.4) is 0 Å². The molecule has 5 heteroatoms. The third kappa shape index (κ3) is 4.70. The summed E-state index contributed by atoms with van der Waals surface area (Å²) in [6.45, 7) is 4.51. The normalized spacial score (nSPS) is 11.2. The summed E-state index contributed by atoms with van der Waals surface area (Å²) in [5, 5.41) is 7.25. The van der Waals surface area contributed by atoms with Gasteiger partial charge in [0.25, 0.3) is 5.56 Å². The fraction of sp³-hybridized carbons (Fsp3) is 0.227. The zero-order chi connectivity index (χ0) is 19.3. The number of hydrogen-bond acceptors (Lipinski definition) is 3. The van der Waals surface area contributed by atoms with Crippen molar-refractivity contribution in [1.82, 2.24) is 15.1 Å². The molecule has 0 aliphatic rings. The molecular weight excluding hydrogens is 338 g/mol. The molecule has 0 spiro atoms. The molecule has 138 valence electrons. The van der Waals surface area contributed by atoms with Crippen molar-refractivity contribution in [3.05, 3.63) is 88.7 Å². The van der Waals surface area contributed by atoms with Crippen molar-refractivity contribution in [3.63, 3.8) is 0 Å². The van der Waals surface area contributed by atoms with Crippen molar-refractivity contribution in [3.8, 4) is 11.3 Å². The molecule has 1 aromatic heterocycles. The fourth-order valence-corrected chi connectivity index (χ4v) is 2.83. The number of benzene rings is 2. The third-order valence-electron chi connectivity index (χ3n) is 4.51. The van der Waals surface area contributed by atoms with Gasteiger partial charge in [-0.15, -0.1) is 0 Å². The Morgan fingerprint density at radius 2 is 1.59 bits per heavy atom. The fourth-order valence-electron chi connectivity index (χ4n) is 2.83. The van der Waals surface area contributed by atoms with Crippen LogP contribution in [0.2, 0.25) is 0 Å². The molecule has 0 saturated heterocycles. The lowest BCUT2D eigenvalue weighted by Crippen LogP contribution is -2.40. The van der Waals surface area contributed by atoms with Crippen LogP contribution in [-0.4, -0.2) is 22.2 Å². The van der Waals surface area contributed by atoms with E-state index in [2.05, 4.69) is 24.3 Å². The zero-order valence-electron chi connectivity index (χ0n) is 15.6. The number of hydrogen-bond donors (Lipinski definition) is 1. The van der Waals surface area contributed by atoms with Crippen molar-refractivity contribution in [2.45, 2.75) is 25.8 Å². The predicted molar refractivity (Wildman–Crippen MR) is 106 cm³/mol. The van der Waals surface area contributed by atoms with Crippen molar-refractivity contribution in [2.75, 3.05) is 6.54 Å². The minimum Gasteiger partial charge on any atom is -0.354 e. The first-order valence-electron chi connectivity index (χ1n) is 8.91. The molecule has 0 atom stereocenters. The molecule has 0 aliphatic heterocycles. The van der Waals surface area contributed by atoms with E-state index in [1.54, 1.807) is 6.07 Å². The highest BCUT2D eigenvalue weighted by Crippen LogP contribution is 2.21. The van der Waals surface area contributed by atoms with E-state index in [9.17, 15) is 9.59 Å². The van der Waals surface area contributed by atoms with Gasteiger partial charge < -0.3 is 5.32 Å². The van der Waals surface area contributed by atoms with Crippen molar-refractivity contribution >= 4 is 5.91 Å². The summed E-state index contributed by atoms with van der Waals surface area (Å²) in [7, 11) is 0. The topological polar surface area (TPSA) is 64.0 Å². The number of carbonyl (C=O) groups excluding carboxylic acids is 1. The predicted octanol–water partition coefficient (Wildman–Crippen LogP) is 3.00.